The fourth-order valence-corrected chi connectivity index (χ4v) is 9.75. The fourth-order valence-electron chi connectivity index (χ4n) is 9.75. The van der Waals surface area contributed by atoms with Crippen LogP contribution in [0.5, 0.6) is 0 Å². The van der Waals surface area contributed by atoms with Crippen LogP contribution < -0.4 is 0 Å². The number of aliphatic hydroxyl groups is 1. The van der Waals surface area contributed by atoms with Crippen LogP contribution in [0.15, 0.2) is 0 Å². The van der Waals surface area contributed by atoms with Crippen molar-refractivity contribution in [2.75, 3.05) is 7.11 Å². The quantitative estimate of drug-likeness (QED) is 0.554. The first kappa shape index (κ1) is 24.2. The van der Waals surface area contributed by atoms with Crippen molar-refractivity contribution in [3.63, 3.8) is 0 Å². The van der Waals surface area contributed by atoms with Crippen molar-refractivity contribution in [1.82, 2.24) is 0 Å². The van der Waals surface area contributed by atoms with Crippen molar-refractivity contribution < 1.29 is 19.4 Å². The molecule has 0 aromatic carbocycles. The molecule has 0 heterocycles. The SMILES string of the molecule is CC[C@H]1C(=O)C2C3CCC([C@H](C)CCC(=O)OC)[C@@]3(C)C(C)[C@H](O)C2[C@@]2(C)CCCC[C@@H]12. The van der Waals surface area contributed by atoms with Crippen molar-refractivity contribution in [3.8, 4) is 0 Å². The van der Waals surface area contributed by atoms with Gasteiger partial charge in [-0.25, -0.2) is 0 Å². The number of Topliss-reactive ketones (excluding diaryl/α,β-unsaturated/α-hetero) is 1. The predicted octanol–water partition coefficient (Wildman–Crippen LogP) is 5.66. The Labute approximate surface area is 195 Å². The van der Waals surface area contributed by atoms with Gasteiger partial charge in [0.05, 0.1) is 13.2 Å². The molecule has 4 nitrogen and oxygen atoms in total. The molecule has 0 bridgehead atoms. The summed E-state index contributed by atoms with van der Waals surface area (Å²) >= 11 is 0. The Morgan fingerprint density at radius 3 is 2.56 bits per heavy atom. The summed E-state index contributed by atoms with van der Waals surface area (Å²) in [6.07, 6.45) is 8.77. The van der Waals surface area contributed by atoms with Gasteiger partial charge in [0, 0.05) is 24.2 Å². The van der Waals surface area contributed by atoms with Crippen LogP contribution in [0.3, 0.4) is 0 Å². The van der Waals surface area contributed by atoms with E-state index in [9.17, 15) is 14.7 Å². The van der Waals surface area contributed by atoms with Crippen LogP contribution >= 0.6 is 0 Å². The lowest BCUT2D eigenvalue weighted by Gasteiger charge is -2.65. The molecule has 4 aliphatic carbocycles. The number of ketones is 1. The summed E-state index contributed by atoms with van der Waals surface area (Å²) < 4.78 is 4.88. The van der Waals surface area contributed by atoms with Gasteiger partial charge in [-0.05, 0) is 78.9 Å². The van der Waals surface area contributed by atoms with E-state index < -0.39 is 6.10 Å². The molecular weight excluding hydrogens is 400 g/mol. The minimum Gasteiger partial charge on any atom is -0.469 e. The molecular formula is C28H46O4. The lowest BCUT2D eigenvalue weighted by molar-refractivity contribution is -0.209. The van der Waals surface area contributed by atoms with Crippen molar-refractivity contribution in [2.45, 2.75) is 98.5 Å². The van der Waals surface area contributed by atoms with Gasteiger partial charge in [0.15, 0.2) is 0 Å². The smallest absolute Gasteiger partial charge is 0.305 e. The molecule has 4 fully saturated rings. The number of hydrogen-bond acceptors (Lipinski definition) is 4. The first-order chi connectivity index (χ1) is 15.1. The standard InChI is InChI=1S/C28H46O4/c1-7-18-20-10-8-9-15-27(20,4)24-23(26(18)31)21-13-12-19(16(2)11-14-22(29)32-6)28(21,5)17(3)25(24)30/h16-21,23-25,30H,7-15H2,1-6H3/t16-,17?,18-,19?,20+,21?,23?,24?,25+,27+,28-/m1/s1. The third kappa shape index (κ3) is 3.33. The van der Waals surface area contributed by atoms with E-state index >= 15 is 0 Å². The molecule has 182 valence electrons. The maximum atomic E-state index is 14.1. The van der Waals surface area contributed by atoms with Gasteiger partial charge < -0.3 is 9.84 Å². The van der Waals surface area contributed by atoms with Crippen LogP contribution in [0.1, 0.15) is 92.4 Å². The second-order valence-corrected chi connectivity index (χ2v) is 12.4. The van der Waals surface area contributed by atoms with Gasteiger partial charge in [0.25, 0.3) is 0 Å². The molecule has 0 radical (unpaired) electrons. The molecule has 5 unspecified atom stereocenters. The third-order valence-corrected chi connectivity index (χ3v) is 11.5. The maximum Gasteiger partial charge on any atom is 0.305 e. The molecule has 0 aromatic heterocycles. The Kier molecular flexibility index (Phi) is 6.59. The molecule has 0 amide bonds. The molecule has 4 rings (SSSR count). The molecule has 4 aliphatic rings. The van der Waals surface area contributed by atoms with Crippen LogP contribution in [0, 0.1) is 58.2 Å². The average Bonchev–Trinajstić information content (AvgIpc) is 3.13. The Bertz CT molecular complexity index is 733. The largest absolute Gasteiger partial charge is 0.469 e. The Hall–Kier alpha value is -0.900. The molecule has 4 heteroatoms. The van der Waals surface area contributed by atoms with Gasteiger partial charge in [-0.1, -0.05) is 47.5 Å². The summed E-state index contributed by atoms with van der Waals surface area (Å²) in [6, 6.07) is 0. The number of aliphatic hydroxyl groups excluding tert-OH is 1. The zero-order valence-corrected chi connectivity index (χ0v) is 21.2. The third-order valence-electron chi connectivity index (χ3n) is 11.5. The van der Waals surface area contributed by atoms with Gasteiger partial charge in [-0.3, -0.25) is 9.59 Å². The van der Waals surface area contributed by atoms with E-state index in [0.29, 0.717) is 35.9 Å². The molecule has 0 aliphatic heterocycles. The van der Waals surface area contributed by atoms with Gasteiger partial charge >= 0.3 is 5.97 Å². The predicted molar refractivity (Wildman–Crippen MR) is 126 cm³/mol. The number of hydrogen-bond donors (Lipinski definition) is 1. The molecule has 1 N–H and O–H groups in total. The number of carbonyl (C=O) groups is 2. The molecule has 0 aromatic rings. The summed E-state index contributed by atoms with van der Waals surface area (Å²) in [5.74, 6) is 2.42. The summed E-state index contributed by atoms with van der Waals surface area (Å²) in [7, 11) is 1.46. The second kappa shape index (κ2) is 8.71. The van der Waals surface area contributed by atoms with Crippen LogP contribution in [0.25, 0.3) is 0 Å². The minimum atomic E-state index is -0.415. The van der Waals surface area contributed by atoms with E-state index in [1.54, 1.807) is 0 Å². The first-order valence-electron chi connectivity index (χ1n) is 13.4. The Morgan fingerprint density at radius 1 is 1.19 bits per heavy atom. The van der Waals surface area contributed by atoms with Crippen molar-refractivity contribution in [2.24, 2.45) is 58.2 Å². The summed E-state index contributed by atoms with van der Waals surface area (Å²) in [5, 5.41) is 11.9. The van der Waals surface area contributed by atoms with E-state index in [1.165, 1.54) is 20.0 Å². The van der Waals surface area contributed by atoms with Crippen molar-refractivity contribution >= 4 is 11.8 Å². The lowest BCUT2D eigenvalue weighted by atomic mass is 9.39. The van der Waals surface area contributed by atoms with E-state index in [2.05, 4.69) is 34.6 Å². The average molecular weight is 447 g/mol. The minimum absolute atomic E-state index is 0.00769. The molecule has 32 heavy (non-hydrogen) atoms. The highest BCUT2D eigenvalue weighted by molar-refractivity contribution is 5.86. The summed E-state index contributed by atoms with van der Waals surface area (Å²) in [5.41, 5.74) is 0.0308. The number of carbonyl (C=O) groups excluding carboxylic acids is 2. The van der Waals surface area contributed by atoms with Crippen LogP contribution in [0.4, 0.5) is 0 Å². The number of rotatable bonds is 5. The normalized spacial score (nSPS) is 49.0. The first-order valence-corrected chi connectivity index (χ1v) is 13.4. The van der Waals surface area contributed by atoms with Gasteiger partial charge in [0.1, 0.15) is 5.78 Å². The molecule has 4 saturated carbocycles. The van der Waals surface area contributed by atoms with Gasteiger partial charge in [-0.2, -0.15) is 0 Å². The van der Waals surface area contributed by atoms with E-state index in [4.69, 9.17) is 4.74 Å². The summed E-state index contributed by atoms with van der Waals surface area (Å²) in [4.78, 5) is 25.9. The lowest BCUT2D eigenvalue weighted by Crippen LogP contribution is -2.66. The monoisotopic (exact) mass is 446 g/mol. The second-order valence-electron chi connectivity index (χ2n) is 12.4. The van der Waals surface area contributed by atoms with E-state index in [1.807, 2.05) is 0 Å². The van der Waals surface area contributed by atoms with Crippen molar-refractivity contribution in [1.29, 1.82) is 0 Å². The zero-order valence-electron chi connectivity index (χ0n) is 21.2. The number of methoxy groups -OCH3 is 1. The highest BCUT2D eigenvalue weighted by Gasteiger charge is 2.69. The van der Waals surface area contributed by atoms with Gasteiger partial charge in [0.2, 0.25) is 0 Å². The fraction of sp³-hybridized carbons (Fsp3) is 0.929. The highest BCUT2D eigenvalue weighted by atomic mass is 16.5. The van der Waals surface area contributed by atoms with Gasteiger partial charge in [-0.15, -0.1) is 0 Å². The Morgan fingerprint density at radius 2 is 1.91 bits per heavy atom. The maximum absolute atomic E-state index is 14.1. The number of ether oxygens (including phenoxy) is 1. The van der Waals surface area contributed by atoms with Crippen molar-refractivity contribution in [3.05, 3.63) is 0 Å². The highest BCUT2D eigenvalue weighted by Crippen LogP contribution is 2.70. The van der Waals surface area contributed by atoms with E-state index in [0.717, 1.165) is 38.5 Å². The summed E-state index contributed by atoms with van der Waals surface area (Å²) in [6.45, 7) is 11.5. The number of esters is 1. The zero-order chi connectivity index (χ0) is 23.4. The topological polar surface area (TPSA) is 63.6 Å². The van der Waals surface area contributed by atoms with Crippen LogP contribution in [-0.4, -0.2) is 30.1 Å². The Balaban J connectivity index is 1.69. The molecule has 11 atom stereocenters. The van der Waals surface area contributed by atoms with Crippen LogP contribution in [-0.2, 0) is 14.3 Å². The molecule has 0 spiro atoms. The van der Waals surface area contributed by atoms with E-state index in [-0.39, 0.29) is 40.5 Å². The molecule has 0 saturated heterocycles. The number of fused-ring (bicyclic) bond motifs is 5. The van der Waals surface area contributed by atoms with Crippen LogP contribution in [0.2, 0.25) is 0 Å².